The standard InChI is InChI=1S/C26H30ClN7O5/c1-15-19(16(2)29-26(37)28-15)5-7-24(35)33-12-21-23(13-33)39-14-18-11-34(32-31-18)8-3-9-38-22-10-17(25(36)30-21)4-6-20(22)27/h4,6,10-11,21,23H,3,5,7-9,12-14H2,1-2H3,(H,30,36)(H,28,29,37)/t21-,23-/m0/s1. The molecule has 206 valence electrons. The fourth-order valence-electron chi connectivity index (χ4n) is 4.92. The van der Waals surface area contributed by atoms with Gasteiger partial charge in [-0.25, -0.2) is 4.79 Å². The monoisotopic (exact) mass is 555 g/mol. The summed E-state index contributed by atoms with van der Waals surface area (Å²) in [5.74, 6) is 0.0337. The Balaban J connectivity index is 1.33. The average molecular weight is 556 g/mol. The van der Waals surface area contributed by atoms with Crippen molar-refractivity contribution in [2.24, 2.45) is 0 Å². The second kappa shape index (κ2) is 11.5. The van der Waals surface area contributed by atoms with Crippen LogP contribution < -0.4 is 15.7 Å². The second-order valence-corrected chi connectivity index (χ2v) is 10.2. The summed E-state index contributed by atoms with van der Waals surface area (Å²) in [4.78, 5) is 46.3. The maximum atomic E-state index is 13.2. The molecule has 0 radical (unpaired) electrons. The number of fused-ring (bicyclic) bond motifs is 5. The molecule has 2 aliphatic heterocycles. The van der Waals surface area contributed by atoms with Crippen LogP contribution in [0.15, 0.2) is 29.2 Å². The topological polar surface area (TPSA) is 144 Å². The van der Waals surface area contributed by atoms with Gasteiger partial charge in [0.2, 0.25) is 5.91 Å². The van der Waals surface area contributed by atoms with Crippen LogP contribution in [0, 0.1) is 13.8 Å². The third kappa shape index (κ3) is 6.28. The quantitative estimate of drug-likeness (QED) is 0.495. The van der Waals surface area contributed by atoms with Gasteiger partial charge in [0.05, 0.1) is 36.6 Å². The summed E-state index contributed by atoms with van der Waals surface area (Å²) in [5.41, 5.74) is 2.82. The van der Waals surface area contributed by atoms with Crippen molar-refractivity contribution in [3.8, 4) is 5.75 Å². The van der Waals surface area contributed by atoms with Crippen molar-refractivity contribution in [2.75, 3.05) is 19.7 Å². The van der Waals surface area contributed by atoms with Gasteiger partial charge in [0.25, 0.3) is 5.91 Å². The molecule has 0 aliphatic carbocycles. The van der Waals surface area contributed by atoms with E-state index in [2.05, 4.69) is 25.6 Å². The van der Waals surface area contributed by atoms with Crippen LogP contribution in [0.5, 0.6) is 5.75 Å². The van der Waals surface area contributed by atoms with E-state index >= 15 is 0 Å². The van der Waals surface area contributed by atoms with Crippen molar-refractivity contribution in [2.45, 2.75) is 58.4 Å². The molecule has 1 saturated heterocycles. The van der Waals surface area contributed by atoms with Crippen molar-refractivity contribution in [3.63, 3.8) is 0 Å². The molecular weight excluding hydrogens is 526 g/mol. The Morgan fingerprint density at radius 1 is 1.23 bits per heavy atom. The number of carbonyl (C=O) groups excluding carboxylic acids is 2. The summed E-state index contributed by atoms with van der Waals surface area (Å²) in [6.45, 7) is 5.36. The van der Waals surface area contributed by atoms with Crippen LogP contribution >= 0.6 is 11.6 Å². The third-order valence-corrected chi connectivity index (χ3v) is 7.30. The zero-order valence-electron chi connectivity index (χ0n) is 21.8. The van der Waals surface area contributed by atoms with E-state index in [9.17, 15) is 14.4 Å². The maximum absolute atomic E-state index is 13.2. The number of amides is 2. The Morgan fingerprint density at radius 2 is 2.08 bits per heavy atom. The smallest absolute Gasteiger partial charge is 0.345 e. The molecule has 0 spiro atoms. The molecule has 2 aromatic heterocycles. The van der Waals surface area contributed by atoms with Gasteiger partial charge in [-0.3, -0.25) is 14.3 Å². The lowest BCUT2D eigenvalue weighted by Gasteiger charge is -2.20. The van der Waals surface area contributed by atoms with E-state index in [1.165, 1.54) is 0 Å². The molecule has 3 aromatic rings. The van der Waals surface area contributed by atoms with Crippen LogP contribution in [0.3, 0.4) is 0 Å². The number of hydrogen-bond donors (Lipinski definition) is 2. The fraction of sp³-hybridized carbons (Fsp3) is 0.462. The van der Waals surface area contributed by atoms with E-state index in [1.54, 1.807) is 41.6 Å². The molecule has 2 aliphatic rings. The van der Waals surface area contributed by atoms with Gasteiger partial charge in [-0.05, 0) is 44.0 Å². The lowest BCUT2D eigenvalue weighted by atomic mass is 10.1. The lowest BCUT2D eigenvalue weighted by molar-refractivity contribution is -0.130. The number of aromatic amines is 1. The first kappa shape index (κ1) is 26.8. The van der Waals surface area contributed by atoms with E-state index in [4.69, 9.17) is 21.1 Å². The van der Waals surface area contributed by atoms with Gasteiger partial charge in [0.1, 0.15) is 11.4 Å². The number of aromatic nitrogens is 5. The van der Waals surface area contributed by atoms with Gasteiger partial charge >= 0.3 is 5.69 Å². The van der Waals surface area contributed by atoms with Crippen molar-refractivity contribution >= 4 is 23.4 Å². The van der Waals surface area contributed by atoms with Crippen LogP contribution in [0.1, 0.15) is 45.8 Å². The van der Waals surface area contributed by atoms with E-state index < -0.39 is 17.8 Å². The SMILES string of the molecule is Cc1nc(=O)[nH]c(C)c1CCC(=O)N1C[C@@H]2NC(=O)c3ccc(Cl)c(c3)OCCCn3cc(nn3)CO[C@H]2C1. The zero-order valence-corrected chi connectivity index (χ0v) is 22.5. The molecule has 4 bridgehead atoms. The summed E-state index contributed by atoms with van der Waals surface area (Å²) in [6.07, 6.45) is 2.71. The second-order valence-electron chi connectivity index (χ2n) is 9.78. The first-order valence-corrected chi connectivity index (χ1v) is 13.2. The molecule has 13 heteroatoms. The van der Waals surface area contributed by atoms with Crippen molar-refractivity contribution in [1.82, 2.24) is 35.2 Å². The molecule has 4 heterocycles. The Morgan fingerprint density at radius 3 is 2.90 bits per heavy atom. The zero-order chi connectivity index (χ0) is 27.5. The van der Waals surface area contributed by atoms with Gasteiger partial charge < -0.3 is 24.7 Å². The van der Waals surface area contributed by atoms with Crippen molar-refractivity contribution < 1.29 is 19.1 Å². The Hall–Kier alpha value is -3.77. The first-order chi connectivity index (χ1) is 18.8. The Bertz CT molecular complexity index is 1410. The predicted octanol–water partition coefficient (Wildman–Crippen LogP) is 1.57. The number of H-pyrrole nitrogens is 1. The molecule has 5 rings (SSSR count). The van der Waals surface area contributed by atoms with E-state index in [0.29, 0.717) is 72.5 Å². The molecule has 2 atom stereocenters. The molecule has 1 aromatic carbocycles. The predicted molar refractivity (Wildman–Crippen MR) is 141 cm³/mol. The van der Waals surface area contributed by atoms with Gasteiger partial charge in [0, 0.05) is 49.4 Å². The van der Waals surface area contributed by atoms with Crippen LogP contribution in [0.2, 0.25) is 5.02 Å². The van der Waals surface area contributed by atoms with Crippen LogP contribution in [0.4, 0.5) is 0 Å². The minimum Gasteiger partial charge on any atom is -0.492 e. The van der Waals surface area contributed by atoms with E-state index in [1.807, 2.05) is 6.20 Å². The van der Waals surface area contributed by atoms with Crippen LogP contribution in [-0.2, 0) is 29.1 Å². The summed E-state index contributed by atoms with van der Waals surface area (Å²) >= 11 is 6.29. The van der Waals surface area contributed by atoms with E-state index in [-0.39, 0.29) is 24.8 Å². The molecular formula is C26H30ClN7O5. The largest absolute Gasteiger partial charge is 0.492 e. The highest BCUT2D eigenvalue weighted by Gasteiger charge is 2.37. The molecule has 0 saturated carbocycles. The number of benzene rings is 1. The first-order valence-electron chi connectivity index (χ1n) is 12.8. The number of carbonyl (C=O) groups is 2. The number of nitrogens with one attached hydrogen (secondary N) is 2. The molecule has 2 amide bonds. The number of aryl methyl sites for hydroxylation is 3. The normalized spacial score (nSPS) is 19.8. The number of halogens is 1. The minimum absolute atomic E-state index is 0.0793. The number of rotatable bonds is 3. The molecule has 1 fully saturated rings. The number of hydrogen-bond acceptors (Lipinski definition) is 8. The highest BCUT2D eigenvalue weighted by Crippen LogP contribution is 2.26. The molecule has 39 heavy (non-hydrogen) atoms. The number of likely N-dealkylation sites (tertiary alicyclic amines) is 1. The van der Waals surface area contributed by atoms with Gasteiger partial charge in [-0.15, -0.1) is 5.10 Å². The summed E-state index contributed by atoms with van der Waals surface area (Å²) in [6, 6.07) is 4.45. The van der Waals surface area contributed by atoms with Crippen molar-refractivity contribution in [3.05, 3.63) is 68.1 Å². The van der Waals surface area contributed by atoms with Gasteiger partial charge in [-0.2, -0.15) is 4.98 Å². The molecule has 2 N–H and O–H groups in total. The number of ether oxygens (including phenoxy) is 2. The minimum atomic E-state index is -0.447. The summed E-state index contributed by atoms with van der Waals surface area (Å²) in [5, 5.41) is 11.8. The number of nitrogens with zero attached hydrogens (tertiary/aromatic N) is 5. The highest BCUT2D eigenvalue weighted by atomic mass is 35.5. The van der Waals surface area contributed by atoms with Crippen LogP contribution in [0.25, 0.3) is 0 Å². The van der Waals surface area contributed by atoms with Gasteiger partial charge in [-0.1, -0.05) is 16.8 Å². The third-order valence-electron chi connectivity index (χ3n) is 6.99. The Kier molecular flexibility index (Phi) is 7.94. The summed E-state index contributed by atoms with van der Waals surface area (Å²) < 4.78 is 13.7. The maximum Gasteiger partial charge on any atom is 0.345 e. The van der Waals surface area contributed by atoms with Gasteiger partial charge in [0.15, 0.2) is 0 Å². The fourth-order valence-corrected chi connectivity index (χ4v) is 5.09. The van der Waals surface area contributed by atoms with E-state index in [0.717, 1.165) is 5.56 Å². The van der Waals surface area contributed by atoms with Crippen molar-refractivity contribution in [1.29, 1.82) is 0 Å². The highest BCUT2D eigenvalue weighted by molar-refractivity contribution is 6.32. The average Bonchev–Trinajstić information content (AvgIpc) is 3.51. The lowest BCUT2D eigenvalue weighted by Crippen LogP contribution is -2.44. The molecule has 12 nitrogen and oxygen atoms in total. The molecule has 0 unspecified atom stereocenters. The van der Waals surface area contributed by atoms with Crippen LogP contribution in [-0.4, -0.2) is 73.5 Å². The Labute approximate surface area is 229 Å². The summed E-state index contributed by atoms with van der Waals surface area (Å²) in [7, 11) is 0.